The molecular formula is C14H19N3O3. The topological polar surface area (TPSA) is 93.5 Å². The van der Waals surface area contributed by atoms with Gasteiger partial charge < -0.3 is 21.1 Å². The quantitative estimate of drug-likeness (QED) is 0.765. The number of nitrogens with two attached hydrogens (primary N) is 1. The average molecular weight is 277 g/mol. The van der Waals surface area contributed by atoms with Gasteiger partial charge in [0.1, 0.15) is 6.10 Å². The van der Waals surface area contributed by atoms with Crippen LogP contribution < -0.4 is 16.4 Å². The first-order chi connectivity index (χ1) is 9.60. The summed E-state index contributed by atoms with van der Waals surface area (Å²) < 4.78 is 5.32. The number of ether oxygens (including phenoxy) is 1. The van der Waals surface area contributed by atoms with Crippen LogP contribution in [0.15, 0.2) is 18.2 Å². The third-order valence-electron chi connectivity index (χ3n) is 3.19. The van der Waals surface area contributed by atoms with E-state index in [-0.39, 0.29) is 24.5 Å². The lowest BCUT2D eigenvalue weighted by molar-refractivity contribution is -0.124. The van der Waals surface area contributed by atoms with E-state index in [1.165, 1.54) is 0 Å². The van der Waals surface area contributed by atoms with Gasteiger partial charge in [0, 0.05) is 18.0 Å². The second-order valence-electron chi connectivity index (χ2n) is 4.77. The van der Waals surface area contributed by atoms with Crippen molar-refractivity contribution in [2.45, 2.75) is 25.9 Å². The molecule has 2 rings (SSSR count). The molecule has 0 aromatic heterocycles. The number of benzene rings is 1. The monoisotopic (exact) mass is 277 g/mol. The van der Waals surface area contributed by atoms with Crippen LogP contribution in [0.5, 0.6) is 0 Å². The molecule has 0 bridgehead atoms. The molecule has 1 aromatic carbocycles. The predicted octanol–water partition coefficient (Wildman–Crippen LogP) is 1.01. The lowest BCUT2D eigenvalue weighted by Crippen LogP contribution is -2.27. The molecule has 108 valence electrons. The highest BCUT2D eigenvalue weighted by Gasteiger charge is 2.23. The largest absolute Gasteiger partial charge is 0.368 e. The van der Waals surface area contributed by atoms with E-state index in [0.29, 0.717) is 18.0 Å². The molecule has 0 saturated carbocycles. The van der Waals surface area contributed by atoms with E-state index in [1.54, 1.807) is 12.1 Å². The first-order valence-corrected chi connectivity index (χ1v) is 6.63. The van der Waals surface area contributed by atoms with Crippen molar-refractivity contribution in [1.82, 2.24) is 0 Å². The summed E-state index contributed by atoms with van der Waals surface area (Å²) in [5.41, 5.74) is 7.45. The van der Waals surface area contributed by atoms with E-state index in [9.17, 15) is 9.59 Å². The van der Waals surface area contributed by atoms with E-state index in [4.69, 9.17) is 10.5 Å². The summed E-state index contributed by atoms with van der Waals surface area (Å²) >= 11 is 0. The van der Waals surface area contributed by atoms with Gasteiger partial charge in [-0.05, 0) is 37.5 Å². The molecule has 0 aliphatic carbocycles. The number of amides is 2. The maximum Gasteiger partial charge on any atom is 0.253 e. The number of anilines is 2. The van der Waals surface area contributed by atoms with Gasteiger partial charge in [-0.15, -0.1) is 0 Å². The fourth-order valence-corrected chi connectivity index (χ4v) is 2.04. The third-order valence-corrected chi connectivity index (χ3v) is 3.19. The van der Waals surface area contributed by atoms with Crippen molar-refractivity contribution in [2.24, 2.45) is 5.73 Å². The zero-order chi connectivity index (χ0) is 14.5. The number of hydrogen-bond donors (Lipinski definition) is 3. The molecule has 1 heterocycles. The molecule has 0 spiro atoms. The zero-order valence-corrected chi connectivity index (χ0v) is 11.4. The molecule has 2 amide bonds. The number of rotatable bonds is 4. The predicted molar refractivity (Wildman–Crippen MR) is 76.5 cm³/mol. The summed E-state index contributed by atoms with van der Waals surface area (Å²) in [6, 6.07) is 5.34. The summed E-state index contributed by atoms with van der Waals surface area (Å²) in [6.07, 6.45) is 1.27. The van der Waals surface area contributed by atoms with E-state index >= 15 is 0 Å². The highest BCUT2D eigenvalue weighted by molar-refractivity contribution is 5.97. The fourth-order valence-electron chi connectivity index (χ4n) is 2.04. The minimum Gasteiger partial charge on any atom is -0.368 e. The number of hydrogen-bond acceptors (Lipinski definition) is 4. The Morgan fingerprint density at radius 3 is 2.85 bits per heavy atom. The molecule has 4 N–H and O–H groups in total. The summed E-state index contributed by atoms with van der Waals surface area (Å²) in [7, 11) is 0. The fraction of sp³-hybridized carbons (Fsp3) is 0.429. The van der Waals surface area contributed by atoms with Crippen LogP contribution in [0.2, 0.25) is 0 Å². The minimum absolute atomic E-state index is 0.0774. The van der Waals surface area contributed by atoms with Gasteiger partial charge in [0.15, 0.2) is 0 Å². The molecule has 1 aliphatic rings. The Morgan fingerprint density at radius 2 is 2.20 bits per heavy atom. The van der Waals surface area contributed by atoms with Crippen LogP contribution >= 0.6 is 0 Å². The SMILES string of the molecule is Cc1ccc(NC(=O)C2CCCO2)cc1NC(=O)CN. The maximum absolute atomic E-state index is 11.9. The van der Waals surface area contributed by atoms with Gasteiger partial charge in [-0.2, -0.15) is 0 Å². The highest BCUT2D eigenvalue weighted by atomic mass is 16.5. The standard InChI is InChI=1S/C14H19N3O3/c1-9-4-5-10(7-11(9)17-13(18)8-15)16-14(19)12-3-2-6-20-12/h4-5,7,12H,2-3,6,8,15H2,1H3,(H,16,19)(H,17,18). The number of aryl methyl sites for hydroxylation is 1. The first-order valence-electron chi connectivity index (χ1n) is 6.63. The van der Waals surface area contributed by atoms with Crippen LogP contribution in [0.4, 0.5) is 11.4 Å². The second kappa shape index (κ2) is 6.49. The van der Waals surface area contributed by atoms with Gasteiger partial charge in [-0.1, -0.05) is 6.07 Å². The molecule has 1 saturated heterocycles. The van der Waals surface area contributed by atoms with Crippen LogP contribution in [0.1, 0.15) is 18.4 Å². The van der Waals surface area contributed by atoms with Crippen molar-refractivity contribution in [3.05, 3.63) is 23.8 Å². The van der Waals surface area contributed by atoms with Gasteiger partial charge in [0.05, 0.1) is 6.54 Å². The molecule has 1 fully saturated rings. The lowest BCUT2D eigenvalue weighted by Gasteiger charge is -2.13. The normalized spacial score (nSPS) is 17.8. The molecule has 0 radical (unpaired) electrons. The maximum atomic E-state index is 11.9. The van der Waals surface area contributed by atoms with Crippen LogP contribution in [0, 0.1) is 6.92 Å². The molecule has 1 aliphatic heterocycles. The van der Waals surface area contributed by atoms with E-state index in [0.717, 1.165) is 18.4 Å². The number of carbonyl (C=O) groups excluding carboxylic acids is 2. The number of nitrogens with one attached hydrogen (secondary N) is 2. The first kappa shape index (κ1) is 14.5. The van der Waals surface area contributed by atoms with Crippen LogP contribution in [0.3, 0.4) is 0 Å². The van der Waals surface area contributed by atoms with E-state index < -0.39 is 0 Å². The Labute approximate surface area is 117 Å². The molecule has 20 heavy (non-hydrogen) atoms. The van der Waals surface area contributed by atoms with Crippen LogP contribution in [-0.4, -0.2) is 31.1 Å². The average Bonchev–Trinajstić information content (AvgIpc) is 2.96. The number of carbonyl (C=O) groups is 2. The van der Waals surface area contributed by atoms with Gasteiger partial charge in [0.2, 0.25) is 5.91 Å². The summed E-state index contributed by atoms with van der Waals surface area (Å²) in [5.74, 6) is -0.418. The van der Waals surface area contributed by atoms with E-state index in [2.05, 4.69) is 10.6 Å². The summed E-state index contributed by atoms with van der Waals surface area (Å²) in [5, 5.41) is 5.49. The van der Waals surface area contributed by atoms with Crippen molar-refractivity contribution < 1.29 is 14.3 Å². The van der Waals surface area contributed by atoms with E-state index in [1.807, 2.05) is 13.0 Å². The molecule has 6 heteroatoms. The van der Waals surface area contributed by atoms with Gasteiger partial charge in [-0.25, -0.2) is 0 Å². The van der Waals surface area contributed by atoms with Crippen LogP contribution in [0.25, 0.3) is 0 Å². The molecule has 1 atom stereocenters. The van der Waals surface area contributed by atoms with Gasteiger partial charge in [-0.3, -0.25) is 9.59 Å². The third kappa shape index (κ3) is 3.55. The Morgan fingerprint density at radius 1 is 1.40 bits per heavy atom. The summed E-state index contributed by atoms with van der Waals surface area (Å²) in [6.45, 7) is 2.42. The zero-order valence-electron chi connectivity index (χ0n) is 11.4. The smallest absolute Gasteiger partial charge is 0.253 e. The lowest BCUT2D eigenvalue weighted by atomic mass is 10.1. The van der Waals surface area contributed by atoms with Gasteiger partial charge >= 0.3 is 0 Å². The van der Waals surface area contributed by atoms with Crippen LogP contribution in [-0.2, 0) is 14.3 Å². The van der Waals surface area contributed by atoms with Crippen molar-refractivity contribution in [1.29, 1.82) is 0 Å². The Bertz CT molecular complexity index is 510. The minimum atomic E-state index is -0.376. The van der Waals surface area contributed by atoms with Crippen molar-refractivity contribution in [3.8, 4) is 0 Å². The Balaban J connectivity index is 2.06. The molecule has 6 nitrogen and oxygen atoms in total. The van der Waals surface area contributed by atoms with Gasteiger partial charge in [0.25, 0.3) is 5.91 Å². The molecule has 1 aromatic rings. The Kier molecular flexibility index (Phi) is 4.70. The second-order valence-corrected chi connectivity index (χ2v) is 4.77. The van der Waals surface area contributed by atoms with Crippen molar-refractivity contribution >= 4 is 23.2 Å². The van der Waals surface area contributed by atoms with Crippen molar-refractivity contribution in [2.75, 3.05) is 23.8 Å². The molecule has 1 unspecified atom stereocenters. The summed E-state index contributed by atoms with van der Waals surface area (Å²) in [4.78, 5) is 23.3. The van der Waals surface area contributed by atoms with Crippen molar-refractivity contribution in [3.63, 3.8) is 0 Å². The molecular weight excluding hydrogens is 258 g/mol. The highest BCUT2D eigenvalue weighted by Crippen LogP contribution is 2.21. The Hall–Kier alpha value is -1.92.